The van der Waals surface area contributed by atoms with E-state index in [0.29, 0.717) is 47.6 Å². The molecule has 242 valence electrons. The lowest BCUT2D eigenvalue weighted by atomic mass is 9.75. The summed E-state index contributed by atoms with van der Waals surface area (Å²) in [7, 11) is 4.52. The quantitative estimate of drug-likeness (QED) is 0.320. The molecule has 1 saturated heterocycles. The first kappa shape index (κ1) is 31.4. The molecule has 3 aromatic rings. The second-order valence-corrected chi connectivity index (χ2v) is 12.1. The summed E-state index contributed by atoms with van der Waals surface area (Å²) in [6, 6.07) is 19.6. The summed E-state index contributed by atoms with van der Waals surface area (Å²) < 4.78 is 23.6. The first-order valence-electron chi connectivity index (χ1n) is 15.4. The largest absolute Gasteiger partial charge is 0.497 e. The normalized spacial score (nSPS) is 28.2. The van der Waals surface area contributed by atoms with Crippen molar-refractivity contribution in [3.63, 3.8) is 0 Å². The summed E-state index contributed by atoms with van der Waals surface area (Å²) >= 11 is 0. The minimum Gasteiger partial charge on any atom is -0.497 e. The fourth-order valence-corrected chi connectivity index (χ4v) is 7.52. The van der Waals surface area contributed by atoms with Crippen molar-refractivity contribution in [3.8, 4) is 23.0 Å². The van der Waals surface area contributed by atoms with Crippen LogP contribution in [0.3, 0.4) is 0 Å². The third-order valence-corrected chi connectivity index (χ3v) is 9.86. The Bertz CT molecular complexity index is 1660. The standard InChI is InChI=1S/C36H40N2O8/c1-6-21(2)32(39)37-28-13-10-18-38(28)33(40)31-29(22-11-8-7-9-12-22)36(23-14-16-24(43-3)17-15-23)34(41)35(31,42)30-26(45-5)19-25(44-4)20-27(30)46-36/h6-9,11-12,14-17,19-20,28-29,31,34,41-42H,10,13,18H2,1-5H3,(H,37,39)/t28-,29+,31-,34-,35+,36+/m0/s1. The molecule has 6 rings (SSSR count). The smallest absolute Gasteiger partial charge is 0.248 e. The van der Waals surface area contributed by atoms with E-state index in [1.54, 1.807) is 68.3 Å². The Balaban J connectivity index is 1.61. The fraction of sp³-hybridized carbons (Fsp3) is 0.389. The maximum atomic E-state index is 15.1. The summed E-state index contributed by atoms with van der Waals surface area (Å²) in [6.07, 6.45) is 0.710. The number of aliphatic hydroxyl groups excluding tert-OH is 1. The van der Waals surface area contributed by atoms with Crippen LogP contribution < -0.4 is 24.3 Å². The van der Waals surface area contributed by atoms with Gasteiger partial charge in [-0.25, -0.2) is 0 Å². The molecule has 2 fully saturated rings. The lowest BCUT2D eigenvalue weighted by Gasteiger charge is -2.45. The van der Waals surface area contributed by atoms with Gasteiger partial charge in [-0.1, -0.05) is 48.5 Å². The van der Waals surface area contributed by atoms with Gasteiger partial charge in [-0.05, 0) is 49.9 Å². The molecule has 0 spiro atoms. The highest BCUT2D eigenvalue weighted by Crippen LogP contribution is 2.68. The third kappa shape index (κ3) is 4.62. The van der Waals surface area contributed by atoms with Crippen molar-refractivity contribution in [2.45, 2.75) is 56.1 Å². The zero-order valence-corrected chi connectivity index (χ0v) is 26.7. The molecule has 0 aromatic heterocycles. The average molecular weight is 629 g/mol. The molecule has 6 atom stereocenters. The third-order valence-electron chi connectivity index (χ3n) is 9.86. The lowest BCUT2D eigenvalue weighted by molar-refractivity contribution is -0.167. The van der Waals surface area contributed by atoms with Gasteiger partial charge < -0.3 is 39.4 Å². The summed E-state index contributed by atoms with van der Waals surface area (Å²) in [4.78, 5) is 29.7. The van der Waals surface area contributed by atoms with E-state index in [1.165, 1.54) is 14.2 Å². The molecule has 1 saturated carbocycles. The maximum absolute atomic E-state index is 15.1. The van der Waals surface area contributed by atoms with Crippen molar-refractivity contribution in [3.05, 3.63) is 95.1 Å². The summed E-state index contributed by atoms with van der Waals surface area (Å²) in [5.74, 6) is -1.37. The molecule has 0 unspecified atom stereocenters. The molecule has 1 aliphatic carbocycles. The molecule has 0 radical (unpaired) electrons. The number of aliphatic hydroxyl groups is 2. The first-order chi connectivity index (χ1) is 22.1. The van der Waals surface area contributed by atoms with Gasteiger partial charge in [0, 0.05) is 30.2 Å². The van der Waals surface area contributed by atoms with Crippen LogP contribution in [0, 0.1) is 5.92 Å². The van der Waals surface area contributed by atoms with Gasteiger partial charge in [-0.3, -0.25) is 9.59 Å². The van der Waals surface area contributed by atoms with Crippen molar-refractivity contribution < 1.29 is 38.7 Å². The van der Waals surface area contributed by atoms with Crippen LogP contribution in [0.15, 0.2) is 78.4 Å². The molecule has 3 N–H and O–H groups in total. The molecule has 10 heteroatoms. The summed E-state index contributed by atoms with van der Waals surface area (Å²) in [6.45, 7) is 3.87. The number of rotatable bonds is 8. The van der Waals surface area contributed by atoms with E-state index in [4.69, 9.17) is 18.9 Å². The van der Waals surface area contributed by atoms with Crippen LogP contribution in [0.2, 0.25) is 0 Å². The Morgan fingerprint density at radius 2 is 1.70 bits per heavy atom. The summed E-state index contributed by atoms with van der Waals surface area (Å²) in [5, 5.41) is 28.7. The number of allylic oxidation sites excluding steroid dienone is 1. The SMILES string of the molecule is CC=C(C)C(=O)N[C@@H]1CCCN1C(=O)[C@@H]1[C@@H](c2ccccc2)[C@@]2(c3ccc(OC)cc3)Oc3cc(OC)cc(OC)c3[C@]1(O)[C@@H]2O. The number of fused-ring (bicyclic) bond motifs is 4. The van der Waals surface area contributed by atoms with Crippen LogP contribution in [-0.4, -0.2) is 67.1 Å². The molecule has 2 bridgehead atoms. The zero-order chi connectivity index (χ0) is 32.8. The van der Waals surface area contributed by atoms with E-state index >= 15 is 4.79 Å². The molecule has 2 amide bonds. The van der Waals surface area contributed by atoms with Gasteiger partial charge in [0.1, 0.15) is 40.9 Å². The Labute approximate surface area is 268 Å². The molecule has 46 heavy (non-hydrogen) atoms. The number of hydrogen-bond donors (Lipinski definition) is 3. The summed E-state index contributed by atoms with van der Waals surface area (Å²) in [5.41, 5.74) is -1.88. The highest BCUT2D eigenvalue weighted by Gasteiger charge is 2.76. The number of nitrogens with one attached hydrogen (secondary N) is 1. The highest BCUT2D eigenvalue weighted by molar-refractivity contribution is 5.93. The second-order valence-electron chi connectivity index (χ2n) is 12.1. The van der Waals surface area contributed by atoms with E-state index in [9.17, 15) is 15.0 Å². The van der Waals surface area contributed by atoms with Crippen molar-refractivity contribution in [2.75, 3.05) is 27.9 Å². The first-order valence-corrected chi connectivity index (χ1v) is 15.4. The second kappa shape index (κ2) is 12.0. The van der Waals surface area contributed by atoms with E-state index in [2.05, 4.69) is 5.32 Å². The van der Waals surface area contributed by atoms with Gasteiger partial charge in [0.25, 0.3) is 0 Å². The number of methoxy groups -OCH3 is 3. The van der Waals surface area contributed by atoms with Crippen LogP contribution >= 0.6 is 0 Å². The van der Waals surface area contributed by atoms with Crippen molar-refractivity contribution in [1.29, 1.82) is 0 Å². The molecule has 3 aromatic carbocycles. The number of ether oxygens (including phenoxy) is 4. The van der Waals surface area contributed by atoms with Crippen LogP contribution in [0.4, 0.5) is 0 Å². The van der Waals surface area contributed by atoms with Crippen LogP contribution in [-0.2, 0) is 20.8 Å². The molecule has 2 aliphatic heterocycles. The molecular formula is C36H40N2O8. The minimum atomic E-state index is -2.18. The van der Waals surface area contributed by atoms with Gasteiger partial charge in [0.05, 0.1) is 32.8 Å². The molecule has 2 heterocycles. The number of carbonyl (C=O) groups excluding carboxylic acids is 2. The number of carbonyl (C=O) groups is 2. The minimum absolute atomic E-state index is 0.161. The van der Waals surface area contributed by atoms with Gasteiger partial charge in [-0.2, -0.15) is 0 Å². The van der Waals surface area contributed by atoms with E-state index in [1.807, 2.05) is 30.3 Å². The van der Waals surface area contributed by atoms with Crippen molar-refractivity contribution in [2.24, 2.45) is 5.92 Å². The molecule has 3 aliphatic rings. The van der Waals surface area contributed by atoms with Gasteiger partial charge in [-0.15, -0.1) is 0 Å². The van der Waals surface area contributed by atoms with Gasteiger partial charge >= 0.3 is 0 Å². The highest BCUT2D eigenvalue weighted by atomic mass is 16.5. The molecule has 10 nitrogen and oxygen atoms in total. The topological polar surface area (TPSA) is 127 Å². The van der Waals surface area contributed by atoms with Crippen LogP contribution in [0.5, 0.6) is 23.0 Å². The predicted octanol–water partition coefficient (Wildman–Crippen LogP) is 3.99. The van der Waals surface area contributed by atoms with E-state index in [0.717, 1.165) is 0 Å². The Morgan fingerprint density at radius 1 is 1.00 bits per heavy atom. The number of hydrogen-bond acceptors (Lipinski definition) is 8. The zero-order valence-electron chi connectivity index (χ0n) is 26.7. The van der Waals surface area contributed by atoms with E-state index < -0.39 is 41.2 Å². The average Bonchev–Trinajstić information content (AvgIpc) is 3.59. The monoisotopic (exact) mass is 628 g/mol. The number of nitrogens with zero attached hydrogens (tertiary/aromatic N) is 1. The van der Waals surface area contributed by atoms with Crippen LogP contribution in [0.25, 0.3) is 0 Å². The Kier molecular flexibility index (Phi) is 8.20. The van der Waals surface area contributed by atoms with Crippen LogP contribution in [0.1, 0.15) is 49.3 Å². The predicted molar refractivity (Wildman–Crippen MR) is 170 cm³/mol. The maximum Gasteiger partial charge on any atom is 0.248 e. The molecular weight excluding hydrogens is 588 g/mol. The van der Waals surface area contributed by atoms with E-state index in [-0.39, 0.29) is 23.0 Å². The Morgan fingerprint density at radius 3 is 2.33 bits per heavy atom. The van der Waals surface area contributed by atoms with Gasteiger partial charge in [0.2, 0.25) is 11.8 Å². The fourth-order valence-electron chi connectivity index (χ4n) is 7.52. The number of likely N-dealkylation sites (tertiary alicyclic amines) is 1. The lowest BCUT2D eigenvalue weighted by Crippen LogP contribution is -2.56. The van der Waals surface area contributed by atoms with Crippen molar-refractivity contribution >= 4 is 11.8 Å². The Hall–Kier alpha value is -4.54. The number of amides is 2. The van der Waals surface area contributed by atoms with Gasteiger partial charge in [0.15, 0.2) is 5.60 Å². The van der Waals surface area contributed by atoms with Crippen molar-refractivity contribution in [1.82, 2.24) is 10.2 Å². The number of benzene rings is 3.